The summed E-state index contributed by atoms with van der Waals surface area (Å²) in [6.45, 7) is 4.17. The Morgan fingerprint density at radius 3 is 2.56 bits per heavy atom. The van der Waals surface area contributed by atoms with E-state index in [1.54, 1.807) is 6.08 Å². The van der Waals surface area contributed by atoms with Crippen molar-refractivity contribution in [2.45, 2.75) is 32.2 Å². The van der Waals surface area contributed by atoms with Crippen LogP contribution in [0.2, 0.25) is 0 Å². The fourth-order valence-corrected chi connectivity index (χ4v) is 1.64. The molecule has 0 aromatic heterocycles. The first-order valence-corrected chi connectivity index (χ1v) is 3.25. The van der Waals surface area contributed by atoms with Crippen LogP contribution < -0.4 is 0 Å². The monoisotopic (exact) mass is 125 g/mol. The summed E-state index contributed by atoms with van der Waals surface area (Å²) in [7, 11) is 0. The Labute approximate surface area is 55.0 Å². The number of hydrogen-bond acceptors (Lipinski definition) is 2. The summed E-state index contributed by atoms with van der Waals surface area (Å²) in [6, 6.07) is 0. The molecule has 1 fully saturated rings. The summed E-state index contributed by atoms with van der Waals surface area (Å²) < 4.78 is 0. The summed E-state index contributed by atoms with van der Waals surface area (Å²) in [5, 5.41) is 0. The van der Waals surface area contributed by atoms with Gasteiger partial charge in [0.05, 0.1) is 5.54 Å². The molecule has 9 heavy (non-hydrogen) atoms. The lowest BCUT2D eigenvalue weighted by Gasteiger charge is -2.38. The minimum atomic E-state index is -0.0544. The lowest BCUT2D eigenvalue weighted by atomic mass is 9.71. The summed E-state index contributed by atoms with van der Waals surface area (Å²) in [4.78, 5) is 13.5. The fourth-order valence-electron chi connectivity index (χ4n) is 1.64. The first kappa shape index (κ1) is 6.50. The molecule has 0 aromatic rings. The smallest absolute Gasteiger partial charge is 0.211 e. The third-order valence-corrected chi connectivity index (χ3v) is 1.89. The fraction of sp³-hybridized carbons (Fsp3) is 0.857. The summed E-state index contributed by atoms with van der Waals surface area (Å²) in [6.07, 6.45) is 3.69. The van der Waals surface area contributed by atoms with Gasteiger partial charge in [0.15, 0.2) is 0 Å². The Hall–Kier alpha value is -0.620. The van der Waals surface area contributed by atoms with Crippen molar-refractivity contribution in [3.05, 3.63) is 0 Å². The van der Waals surface area contributed by atoms with Crippen LogP contribution in [0.3, 0.4) is 0 Å². The number of isocyanates is 1. The minimum absolute atomic E-state index is 0.0544. The third kappa shape index (κ3) is 1.19. The minimum Gasteiger partial charge on any atom is -0.211 e. The summed E-state index contributed by atoms with van der Waals surface area (Å²) in [5.41, 5.74) is -0.0544. The van der Waals surface area contributed by atoms with E-state index in [4.69, 9.17) is 0 Å². The van der Waals surface area contributed by atoms with E-state index in [9.17, 15) is 4.79 Å². The Morgan fingerprint density at radius 2 is 2.22 bits per heavy atom. The second kappa shape index (κ2) is 1.96. The molecule has 50 valence electrons. The molecular formula is C7H11NO. The number of rotatable bonds is 1. The first-order valence-electron chi connectivity index (χ1n) is 3.25. The predicted octanol–water partition coefficient (Wildman–Crippen LogP) is 1.51. The quantitative estimate of drug-likeness (QED) is 0.386. The molecule has 2 nitrogen and oxygen atoms in total. The van der Waals surface area contributed by atoms with Gasteiger partial charge < -0.3 is 0 Å². The molecule has 0 aromatic carbocycles. The molecule has 1 rings (SSSR count). The van der Waals surface area contributed by atoms with Crippen LogP contribution in [0, 0.1) is 5.92 Å². The molecule has 0 saturated heterocycles. The molecule has 1 aliphatic carbocycles. The lowest BCUT2D eigenvalue weighted by Crippen LogP contribution is -2.37. The van der Waals surface area contributed by atoms with Crippen LogP contribution >= 0.6 is 0 Å². The topological polar surface area (TPSA) is 29.4 Å². The highest BCUT2D eigenvalue weighted by Gasteiger charge is 2.37. The Kier molecular flexibility index (Phi) is 1.42. The molecule has 0 aliphatic heterocycles. The van der Waals surface area contributed by atoms with Gasteiger partial charge in [-0.25, -0.2) is 4.79 Å². The Balaban J connectivity index is 2.49. The summed E-state index contributed by atoms with van der Waals surface area (Å²) in [5.74, 6) is 0.743. The third-order valence-electron chi connectivity index (χ3n) is 1.89. The molecule has 0 bridgehead atoms. The van der Waals surface area contributed by atoms with E-state index in [2.05, 4.69) is 11.9 Å². The normalized spacial score (nSPS) is 40.9. The van der Waals surface area contributed by atoms with Crippen LogP contribution in [0.1, 0.15) is 26.7 Å². The maximum Gasteiger partial charge on any atom is 0.235 e. The molecule has 0 heterocycles. The second-order valence-corrected chi connectivity index (χ2v) is 3.21. The van der Waals surface area contributed by atoms with Gasteiger partial charge in [0.2, 0.25) is 6.08 Å². The number of carbonyl (C=O) groups excluding carboxylic acids is 1. The van der Waals surface area contributed by atoms with Gasteiger partial charge in [-0.15, -0.1) is 0 Å². The van der Waals surface area contributed by atoms with Crippen molar-refractivity contribution in [3.63, 3.8) is 0 Å². The Bertz CT molecular complexity index is 152. The van der Waals surface area contributed by atoms with Gasteiger partial charge >= 0.3 is 0 Å². The van der Waals surface area contributed by atoms with Gasteiger partial charge in [-0.3, -0.25) is 0 Å². The van der Waals surface area contributed by atoms with E-state index in [1.807, 2.05) is 6.92 Å². The van der Waals surface area contributed by atoms with Gasteiger partial charge in [-0.05, 0) is 25.7 Å². The predicted molar refractivity (Wildman–Crippen MR) is 34.9 cm³/mol. The molecule has 0 radical (unpaired) electrons. The van der Waals surface area contributed by atoms with Gasteiger partial charge in [-0.1, -0.05) is 6.92 Å². The van der Waals surface area contributed by atoms with Crippen molar-refractivity contribution in [1.82, 2.24) is 0 Å². The van der Waals surface area contributed by atoms with Crippen molar-refractivity contribution in [1.29, 1.82) is 0 Å². The number of aliphatic imine (C=N–C) groups is 1. The van der Waals surface area contributed by atoms with Crippen LogP contribution in [-0.2, 0) is 4.79 Å². The van der Waals surface area contributed by atoms with E-state index < -0.39 is 0 Å². The molecule has 2 heteroatoms. The van der Waals surface area contributed by atoms with Crippen molar-refractivity contribution in [2.75, 3.05) is 0 Å². The average molecular weight is 125 g/mol. The molecule has 1 saturated carbocycles. The molecule has 0 spiro atoms. The van der Waals surface area contributed by atoms with Gasteiger partial charge in [0.1, 0.15) is 0 Å². The second-order valence-electron chi connectivity index (χ2n) is 3.21. The zero-order valence-corrected chi connectivity index (χ0v) is 5.85. The number of hydrogen-bond donors (Lipinski definition) is 0. The number of nitrogens with zero attached hydrogens (tertiary/aromatic N) is 1. The van der Waals surface area contributed by atoms with E-state index in [-0.39, 0.29) is 5.54 Å². The maximum atomic E-state index is 9.83. The lowest BCUT2D eigenvalue weighted by molar-refractivity contribution is 0.186. The summed E-state index contributed by atoms with van der Waals surface area (Å²) >= 11 is 0. The molecule has 0 amide bonds. The molecule has 0 N–H and O–H groups in total. The van der Waals surface area contributed by atoms with Crippen LogP contribution in [0.25, 0.3) is 0 Å². The molecule has 0 unspecified atom stereocenters. The molecular weight excluding hydrogens is 114 g/mol. The molecule has 1 aliphatic rings. The average Bonchev–Trinajstić information content (AvgIpc) is 1.62. The van der Waals surface area contributed by atoms with Crippen molar-refractivity contribution in [3.8, 4) is 0 Å². The molecule has 0 atom stereocenters. The highest BCUT2D eigenvalue weighted by atomic mass is 16.1. The van der Waals surface area contributed by atoms with E-state index in [0.29, 0.717) is 0 Å². The van der Waals surface area contributed by atoms with Gasteiger partial charge in [0.25, 0.3) is 0 Å². The van der Waals surface area contributed by atoms with E-state index in [1.165, 1.54) is 0 Å². The van der Waals surface area contributed by atoms with E-state index in [0.717, 1.165) is 18.8 Å². The zero-order valence-electron chi connectivity index (χ0n) is 5.85. The Morgan fingerprint density at radius 1 is 1.67 bits per heavy atom. The van der Waals surface area contributed by atoms with Gasteiger partial charge in [-0.2, -0.15) is 4.99 Å². The van der Waals surface area contributed by atoms with Crippen molar-refractivity contribution < 1.29 is 4.79 Å². The van der Waals surface area contributed by atoms with Gasteiger partial charge in [0, 0.05) is 0 Å². The maximum absolute atomic E-state index is 9.83. The standard InChI is InChI=1S/C7H11NO/c1-6-3-7(2,4-6)8-5-9/h6H,3-4H2,1-2H3. The first-order chi connectivity index (χ1) is 4.16. The van der Waals surface area contributed by atoms with Crippen LogP contribution in [0.5, 0.6) is 0 Å². The van der Waals surface area contributed by atoms with E-state index >= 15 is 0 Å². The van der Waals surface area contributed by atoms with Crippen LogP contribution in [0.4, 0.5) is 0 Å². The largest absolute Gasteiger partial charge is 0.235 e. The zero-order chi connectivity index (χ0) is 6.91. The van der Waals surface area contributed by atoms with Crippen molar-refractivity contribution in [2.24, 2.45) is 10.9 Å². The highest BCUT2D eigenvalue weighted by molar-refractivity contribution is 5.35. The SMILES string of the molecule is CC1CC(C)(N=C=O)C1. The van der Waals surface area contributed by atoms with Crippen LogP contribution in [-0.4, -0.2) is 11.6 Å². The highest BCUT2D eigenvalue weighted by Crippen LogP contribution is 2.39. The van der Waals surface area contributed by atoms with Crippen molar-refractivity contribution >= 4 is 6.08 Å². The van der Waals surface area contributed by atoms with Crippen LogP contribution in [0.15, 0.2) is 4.99 Å².